The molecule has 3 heteroatoms. The van der Waals surface area contributed by atoms with Crippen LogP contribution in [0.2, 0.25) is 5.02 Å². The zero-order chi connectivity index (χ0) is 12.8. The predicted molar refractivity (Wildman–Crippen MR) is 74.1 cm³/mol. The zero-order valence-corrected chi connectivity index (χ0v) is 11.6. The largest absolute Gasteiger partial charge is 0.491 e. The van der Waals surface area contributed by atoms with Crippen LogP contribution in [0.15, 0.2) is 12.1 Å². The summed E-state index contributed by atoms with van der Waals surface area (Å²) in [5.41, 5.74) is 8.50. The van der Waals surface area contributed by atoms with Gasteiger partial charge in [0.2, 0.25) is 0 Å². The lowest BCUT2D eigenvalue weighted by Gasteiger charge is -2.40. The van der Waals surface area contributed by atoms with E-state index in [2.05, 4.69) is 13.0 Å². The number of hydrogen-bond donors (Lipinski definition) is 1. The number of aryl methyl sites for hydroxylation is 1. The SMILES string of the molecule is Cc1cc(Cl)c(OCC2CC2)c(C2(N)CCC2)c1. The van der Waals surface area contributed by atoms with Crippen LogP contribution in [-0.4, -0.2) is 6.61 Å². The van der Waals surface area contributed by atoms with Crippen molar-refractivity contribution in [3.05, 3.63) is 28.3 Å². The predicted octanol–water partition coefficient (Wildman–Crippen LogP) is 3.78. The Morgan fingerprint density at radius 3 is 2.67 bits per heavy atom. The highest BCUT2D eigenvalue weighted by atomic mass is 35.5. The van der Waals surface area contributed by atoms with Crippen molar-refractivity contribution in [2.45, 2.75) is 44.6 Å². The smallest absolute Gasteiger partial charge is 0.142 e. The second-order valence-corrected chi connectivity index (χ2v) is 6.29. The first-order valence-electron chi connectivity index (χ1n) is 6.81. The maximum Gasteiger partial charge on any atom is 0.142 e. The van der Waals surface area contributed by atoms with Crippen LogP contribution in [0, 0.1) is 12.8 Å². The molecule has 1 aromatic carbocycles. The van der Waals surface area contributed by atoms with E-state index in [4.69, 9.17) is 22.1 Å². The molecule has 0 radical (unpaired) electrons. The molecule has 0 spiro atoms. The molecule has 2 fully saturated rings. The Hall–Kier alpha value is -0.730. The van der Waals surface area contributed by atoms with Crippen LogP contribution < -0.4 is 10.5 Å². The van der Waals surface area contributed by atoms with Crippen LogP contribution in [0.3, 0.4) is 0 Å². The molecule has 2 aliphatic rings. The van der Waals surface area contributed by atoms with Crippen molar-refractivity contribution in [3.8, 4) is 5.75 Å². The van der Waals surface area contributed by atoms with E-state index < -0.39 is 0 Å². The van der Waals surface area contributed by atoms with E-state index >= 15 is 0 Å². The number of ether oxygens (including phenoxy) is 1. The number of rotatable bonds is 4. The summed E-state index contributed by atoms with van der Waals surface area (Å²) < 4.78 is 5.96. The van der Waals surface area contributed by atoms with E-state index in [0.29, 0.717) is 5.02 Å². The molecule has 3 rings (SSSR count). The average molecular weight is 266 g/mol. The van der Waals surface area contributed by atoms with E-state index in [9.17, 15) is 0 Å². The Balaban J connectivity index is 1.92. The summed E-state index contributed by atoms with van der Waals surface area (Å²) in [6.45, 7) is 2.84. The minimum atomic E-state index is -0.214. The molecule has 0 aromatic heterocycles. The molecule has 0 saturated heterocycles. The van der Waals surface area contributed by atoms with Gasteiger partial charge in [0.15, 0.2) is 0 Å². The highest BCUT2D eigenvalue weighted by Gasteiger charge is 2.38. The topological polar surface area (TPSA) is 35.2 Å². The molecule has 0 heterocycles. The van der Waals surface area contributed by atoms with Crippen molar-refractivity contribution in [3.63, 3.8) is 0 Å². The Morgan fingerprint density at radius 1 is 1.39 bits per heavy atom. The van der Waals surface area contributed by atoms with Gasteiger partial charge in [-0.1, -0.05) is 17.7 Å². The maximum atomic E-state index is 6.45. The van der Waals surface area contributed by atoms with Gasteiger partial charge in [0.25, 0.3) is 0 Å². The number of nitrogens with two attached hydrogens (primary N) is 1. The summed E-state index contributed by atoms with van der Waals surface area (Å²) in [5.74, 6) is 1.56. The summed E-state index contributed by atoms with van der Waals surface area (Å²) in [6, 6.07) is 4.11. The summed E-state index contributed by atoms with van der Waals surface area (Å²) in [6.07, 6.45) is 5.84. The van der Waals surface area contributed by atoms with E-state index in [1.807, 2.05) is 6.07 Å². The lowest BCUT2D eigenvalue weighted by molar-refractivity contribution is 0.232. The second kappa shape index (κ2) is 4.43. The molecule has 0 aliphatic heterocycles. The fraction of sp³-hybridized carbons (Fsp3) is 0.600. The maximum absolute atomic E-state index is 6.45. The molecular weight excluding hydrogens is 246 g/mol. The molecule has 0 amide bonds. The molecule has 2 N–H and O–H groups in total. The average Bonchev–Trinajstić information content (AvgIpc) is 3.07. The molecular formula is C15H20ClNO. The first-order valence-corrected chi connectivity index (χ1v) is 7.18. The van der Waals surface area contributed by atoms with Gasteiger partial charge in [0.1, 0.15) is 5.75 Å². The Morgan fingerprint density at radius 2 is 2.11 bits per heavy atom. The Labute approximate surface area is 113 Å². The minimum absolute atomic E-state index is 0.214. The first-order chi connectivity index (χ1) is 8.58. The highest BCUT2D eigenvalue weighted by molar-refractivity contribution is 6.32. The molecule has 98 valence electrons. The fourth-order valence-corrected chi connectivity index (χ4v) is 2.89. The molecule has 2 saturated carbocycles. The third kappa shape index (κ3) is 2.24. The van der Waals surface area contributed by atoms with Gasteiger partial charge in [-0.05, 0) is 56.6 Å². The molecule has 18 heavy (non-hydrogen) atoms. The van der Waals surface area contributed by atoms with Crippen molar-refractivity contribution >= 4 is 11.6 Å². The van der Waals surface area contributed by atoms with Crippen molar-refractivity contribution < 1.29 is 4.74 Å². The molecule has 2 aliphatic carbocycles. The molecule has 1 aromatic rings. The summed E-state index contributed by atoms with van der Waals surface area (Å²) in [5, 5.41) is 0.711. The van der Waals surface area contributed by atoms with Gasteiger partial charge in [0.05, 0.1) is 11.6 Å². The van der Waals surface area contributed by atoms with Gasteiger partial charge in [-0.3, -0.25) is 0 Å². The monoisotopic (exact) mass is 265 g/mol. The lowest BCUT2D eigenvalue weighted by atomic mass is 9.72. The molecule has 2 nitrogen and oxygen atoms in total. The zero-order valence-electron chi connectivity index (χ0n) is 10.8. The van der Waals surface area contributed by atoms with Crippen LogP contribution in [-0.2, 0) is 5.54 Å². The van der Waals surface area contributed by atoms with Crippen LogP contribution in [0.25, 0.3) is 0 Å². The standard InChI is InChI=1S/C15H20ClNO/c1-10-7-12(15(17)5-2-6-15)14(13(16)8-10)18-9-11-3-4-11/h7-8,11H,2-6,9,17H2,1H3. The summed E-state index contributed by atoms with van der Waals surface area (Å²) in [7, 11) is 0. The van der Waals surface area contributed by atoms with Crippen LogP contribution in [0.4, 0.5) is 0 Å². The third-order valence-electron chi connectivity index (χ3n) is 4.13. The quantitative estimate of drug-likeness (QED) is 0.899. The fourth-order valence-electron chi connectivity index (χ4n) is 2.56. The summed E-state index contributed by atoms with van der Waals surface area (Å²) in [4.78, 5) is 0. The van der Waals surface area contributed by atoms with E-state index in [1.54, 1.807) is 0 Å². The highest BCUT2D eigenvalue weighted by Crippen LogP contribution is 2.46. The van der Waals surface area contributed by atoms with E-state index in [1.165, 1.54) is 19.3 Å². The number of hydrogen-bond acceptors (Lipinski definition) is 2. The minimum Gasteiger partial charge on any atom is -0.491 e. The van der Waals surface area contributed by atoms with Gasteiger partial charge in [0, 0.05) is 11.1 Å². The lowest BCUT2D eigenvalue weighted by Crippen LogP contribution is -2.43. The first kappa shape index (κ1) is 12.3. The molecule has 0 unspecified atom stereocenters. The summed E-state index contributed by atoms with van der Waals surface area (Å²) >= 11 is 6.35. The van der Waals surface area contributed by atoms with Gasteiger partial charge in [-0.25, -0.2) is 0 Å². The number of halogens is 1. The van der Waals surface area contributed by atoms with Crippen molar-refractivity contribution in [2.75, 3.05) is 6.61 Å². The van der Waals surface area contributed by atoms with Crippen LogP contribution in [0.1, 0.15) is 43.2 Å². The Bertz CT molecular complexity index is 464. The Kier molecular flexibility index (Phi) is 3.03. The molecule has 0 atom stereocenters. The van der Waals surface area contributed by atoms with Gasteiger partial charge in [-0.2, -0.15) is 0 Å². The van der Waals surface area contributed by atoms with Crippen LogP contribution in [0.5, 0.6) is 5.75 Å². The van der Waals surface area contributed by atoms with Crippen molar-refractivity contribution in [1.29, 1.82) is 0 Å². The van der Waals surface area contributed by atoms with E-state index in [0.717, 1.165) is 42.2 Å². The third-order valence-corrected chi connectivity index (χ3v) is 4.41. The normalized spacial score (nSPS) is 21.5. The van der Waals surface area contributed by atoms with Crippen molar-refractivity contribution in [2.24, 2.45) is 11.7 Å². The van der Waals surface area contributed by atoms with Gasteiger partial charge >= 0.3 is 0 Å². The van der Waals surface area contributed by atoms with Gasteiger partial charge < -0.3 is 10.5 Å². The molecule has 0 bridgehead atoms. The van der Waals surface area contributed by atoms with Crippen molar-refractivity contribution in [1.82, 2.24) is 0 Å². The van der Waals surface area contributed by atoms with Gasteiger partial charge in [-0.15, -0.1) is 0 Å². The van der Waals surface area contributed by atoms with Crippen LogP contribution >= 0.6 is 11.6 Å². The van der Waals surface area contributed by atoms with E-state index in [-0.39, 0.29) is 5.54 Å². The second-order valence-electron chi connectivity index (χ2n) is 5.89. The number of benzene rings is 1.